The summed E-state index contributed by atoms with van der Waals surface area (Å²) in [5, 5.41) is 5.78. The van der Waals surface area contributed by atoms with Crippen LogP contribution in [-0.2, 0) is 0 Å². The Morgan fingerprint density at radius 3 is 2.17 bits per heavy atom. The van der Waals surface area contributed by atoms with Crippen LogP contribution in [0.15, 0.2) is 42.5 Å². The molecule has 0 atom stereocenters. The molecule has 4 nitrogen and oxygen atoms in total. The molecular formula is C20H24N2O2. The number of carbonyl (C=O) groups excluding carboxylic acids is 2. The van der Waals surface area contributed by atoms with Crippen molar-refractivity contribution in [1.82, 2.24) is 5.32 Å². The number of hydrogen-bond acceptors (Lipinski definition) is 2. The molecule has 0 saturated carbocycles. The van der Waals surface area contributed by atoms with Crippen LogP contribution in [-0.4, -0.2) is 18.4 Å². The van der Waals surface area contributed by atoms with Crippen molar-refractivity contribution in [1.29, 1.82) is 0 Å². The third-order valence-corrected chi connectivity index (χ3v) is 3.87. The summed E-state index contributed by atoms with van der Waals surface area (Å²) in [5.41, 5.74) is 4.01. The summed E-state index contributed by atoms with van der Waals surface area (Å²) >= 11 is 0. The van der Waals surface area contributed by atoms with Gasteiger partial charge in [-0.2, -0.15) is 0 Å². The molecule has 2 aromatic rings. The minimum Gasteiger partial charge on any atom is -0.352 e. The molecule has 2 rings (SSSR count). The van der Waals surface area contributed by atoms with Gasteiger partial charge in [-0.1, -0.05) is 25.5 Å². The van der Waals surface area contributed by atoms with Crippen molar-refractivity contribution in [3.05, 3.63) is 64.7 Å². The van der Waals surface area contributed by atoms with E-state index < -0.39 is 0 Å². The van der Waals surface area contributed by atoms with Gasteiger partial charge in [0.05, 0.1) is 0 Å². The Morgan fingerprint density at radius 2 is 1.54 bits per heavy atom. The fourth-order valence-corrected chi connectivity index (χ4v) is 2.32. The average molecular weight is 324 g/mol. The van der Waals surface area contributed by atoms with Crippen LogP contribution in [0.1, 0.15) is 51.6 Å². The molecule has 0 heterocycles. The first kappa shape index (κ1) is 17.7. The summed E-state index contributed by atoms with van der Waals surface area (Å²) < 4.78 is 0. The van der Waals surface area contributed by atoms with Gasteiger partial charge in [-0.05, 0) is 61.7 Å². The maximum atomic E-state index is 12.4. The molecule has 0 unspecified atom stereocenters. The van der Waals surface area contributed by atoms with E-state index in [0.29, 0.717) is 17.7 Å². The van der Waals surface area contributed by atoms with Gasteiger partial charge in [-0.15, -0.1) is 0 Å². The lowest BCUT2D eigenvalue weighted by molar-refractivity contribution is 0.0951. The molecule has 0 fully saturated rings. The highest BCUT2D eigenvalue weighted by atomic mass is 16.2. The Hall–Kier alpha value is -2.62. The summed E-state index contributed by atoms with van der Waals surface area (Å²) in [4.78, 5) is 24.3. The zero-order valence-corrected chi connectivity index (χ0v) is 14.5. The SMILES string of the molecule is CCCCNC(=O)c1ccc(C(=O)Nc2cc(C)ccc2C)cc1. The second-order valence-corrected chi connectivity index (χ2v) is 5.96. The minimum atomic E-state index is -0.179. The van der Waals surface area contributed by atoms with Crippen LogP contribution in [0.3, 0.4) is 0 Å². The van der Waals surface area contributed by atoms with Crippen molar-refractivity contribution in [2.24, 2.45) is 0 Å². The average Bonchev–Trinajstić information content (AvgIpc) is 2.58. The number of unbranched alkanes of at least 4 members (excludes halogenated alkanes) is 1. The van der Waals surface area contributed by atoms with Gasteiger partial charge in [-0.25, -0.2) is 0 Å². The van der Waals surface area contributed by atoms with Gasteiger partial charge in [0, 0.05) is 23.4 Å². The monoisotopic (exact) mass is 324 g/mol. The molecule has 126 valence electrons. The van der Waals surface area contributed by atoms with Crippen LogP contribution in [0, 0.1) is 13.8 Å². The van der Waals surface area contributed by atoms with Gasteiger partial charge < -0.3 is 10.6 Å². The van der Waals surface area contributed by atoms with Gasteiger partial charge in [-0.3, -0.25) is 9.59 Å². The van der Waals surface area contributed by atoms with Crippen LogP contribution in [0.5, 0.6) is 0 Å². The predicted octanol–water partition coefficient (Wildman–Crippen LogP) is 4.09. The lowest BCUT2D eigenvalue weighted by atomic mass is 10.1. The van der Waals surface area contributed by atoms with Crippen LogP contribution in [0.25, 0.3) is 0 Å². The first-order chi connectivity index (χ1) is 11.5. The van der Waals surface area contributed by atoms with E-state index in [4.69, 9.17) is 0 Å². The standard InChI is InChI=1S/C20H24N2O2/c1-4-5-12-21-19(23)16-8-10-17(11-9-16)20(24)22-18-13-14(2)6-7-15(18)3/h6-11,13H,4-5,12H2,1-3H3,(H,21,23)(H,22,24). The molecule has 0 aromatic heterocycles. The van der Waals surface area contributed by atoms with E-state index in [2.05, 4.69) is 17.6 Å². The molecule has 0 radical (unpaired) electrons. The summed E-state index contributed by atoms with van der Waals surface area (Å²) in [5.74, 6) is -0.286. The van der Waals surface area contributed by atoms with Crippen LogP contribution >= 0.6 is 0 Å². The highest BCUT2D eigenvalue weighted by Gasteiger charge is 2.10. The molecule has 0 aliphatic heterocycles. The molecule has 2 aromatic carbocycles. The molecule has 0 aliphatic carbocycles. The van der Waals surface area contributed by atoms with E-state index in [1.54, 1.807) is 24.3 Å². The second kappa shape index (κ2) is 8.29. The molecule has 0 saturated heterocycles. The lowest BCUT2D eigenvalue weighted by Crippen LogP contribution is -2.24. The first-order valence-electron chi connectivity index (χ1n) is 8.28. The maximum Gasteiger partial charge on any atom is 0.255 e. The molecule has 0 spiro atoms. The van der Waals surface area contributed by atoms with E-state index >= 15 is 0 Å². The summed E-state index contributed by atoms with van der Waals surface area (Å²) in [6.45, 7) is 6.69. The van der Waals surface area contributed by atoms with Crippen molar-refractivity contribution in [3.63, 3.8) is 0 Å². The molecule has 2 amide bonds. The fraction of sp³-hybridized carbons (Fsp3) is 0.300. The Labute approximate surface area is 143 Å². The largest absolute Gasteiger partial charge is 0.352 e. The topological polar surface area (TPSA) is 58.2 Å². The number of aryl methyl sites for hydroxylation is 2. The highest BCUT2D eigenvalue weighted by molar-refractivity contribution is 6.05. The quantitative estimate of drug-likeness (QED) is 0.786. The Bertz CT molecular complexity index is 721. The van der Waals surface area contributed by atoms with Gasteiger partial charge >= 0.3 is 0 Å². The number of rotatable bonds is 6. The number of carbonyl (C=O) groups is 2. The minimum absolute atomic E-state index is 0.107. The van der Waals surface area contributed by atoms with Crippen LogP contribution in [0.2, 0.25) is 0 Å². The molecule has 0 aliphatic rings. The summed E-state index contributed by atoms with van der Waals surface area (Å²) in [6.07, 6.45) is 2.00. The van der Waals surface area contributed by atoms with E-state index in [0.717, 1.165) is 29.7 Å². The van der Waals surface area contributed by atoms with Gasteiger partial charge in [0.2, 0.25) is 0 Å². The summed E-state index contributed by atoms with van der Waals surface area (Å²) in [6, 6.07) is 12.7. The molecule has 4 heteroatoms. The highest BCUT2D eigenvalue weighted by Crippen LogP contribution is 2.17. The zero-order chi connectivity index (χ0) is 17.5. The van der Waals surface area contributed by atoms with Crippen LogP contribution < -0.4 is 10.6 Å². The van der Waals surface area contributed by atoms with Crippen LogP contribution in [0.4, 0.5) is 5.69 Å². The number of anilines is 1. The Kier molecular flexibility index (Phi) is 6.13. The molecule has 24 heavy (non-hydrogen) atoms. The number of amides is 2. The normalized spacial score (nSPS) is 10.3. The van der Waals surface area contributed by atoms with Gasteiger partial charge in [0.1, 0.15) is 0 Å². The van der Waals surface area contributed by atoms with Crippen molar-refractivity contribution in [2.75, 3.05) is 11.9 Å². The fourth-order valence-electron chi connectivity index (χ4n) is 2.32. The molecular weight excluding hydrogens is 300 g/mol. The van der Waals surface area contributed by atoms with Crippen molar-refractivity contribution >= 4 is 17.5 Å². The first-order valence-corrected chi connectivity index (χ1v) is 8.28. The van der Waals surface area contributed by atoms with Crippen molar-refractivity contribution < 1.29 is 9.59 Å². The lowest BCUT2D eigenvalue weighted by Gasteiger charge is -2.10. The van der Waals surface area contributed by atoms with E-state index in [1.165, 1.54) is 0 Å². The predicted molar refractivity (Wildman–Crippen MR) is 97.6 cm³/mol. The van der Waals surface area contributed by atoms with Crippen molar-refractivity contribution in [2.45, 2.75) is 33.6 Å². The zero-order valence-electron chi connectivity index (χ0n) is 14.5. The van der Waals surface area contributed by atoms with E-state index in [-0.39, 0.29) is 11.8 Å². The summed E-state index contributed by atoms with van der Waals surface area (Å²) in [7, 11) is 0. The Morgan fingerprint density at radius 1 is 0.917 bits per heavy atom. The Balaban J connectivity index is 2.03. The number of benzene rings is 2. The number of nitrogens with one attached hydrogen (secondary N) is 2. The molecule has 0 bridgehead atoms. The smallest absolute Gasteiger partial charge is 0.255 e. The van der Waals surface area contributed by atoms with E-state index in [9.17, 15) is 9.59 Å². The third kappa shape index (κ3) is 4.69. The van der Waals surface area contributed by atoms with E-state index in [1.807, 2.05) is 32.0 Å². The van der Waals surface area contributed by atoms with Gasteiger partial charge in [0.25, 0.3) is 11.8 Å². The second-order valence-electron chi connectivity index (χ2n) is 5.96. The van der Waals surface area contributed by atoms with Crippen molar-refractivity contribution in [3.8, 4) is 0 Å². The third-order valence-electron chi connectivity index (χ3n) is 3.87. The number of hydrogen-bond donors (Lipinski definition) is 2. The molecule has 2 N–H and O–H groups in total. The van der Waals surface area contributed by atoms with Gasteiger partial charge in [0.15, 0.2) is 0 Å². The maximum absolute atomic E-state index is 12.4.